The molecule has 3 nitrogen and oxygen atoms in total. The van der Waals surface area contributed by atoms with Crippen LogP contribution in [0.25, 0.3) is 0 Å². The lowest BCUT2D eigenvalue weighted by Crippen LogP contribution is -2.42. The summed E-state index contributed by atoms with van der Waals surface area (Å²) in [4.78, 5) is 0. The molecule has 1 saturated carbocycles. The fraction of sp³-hybridized carbons (Fsp3) is 0.875. The van der Waals surface area contributed by atoms with Crippen LogP contribution in [0.2, 0.25) is 0 Å². The molecule has 2 N–H and O–H groups in total. The fourth-order valence-electron chi connectivity index (χ4n) is 0.897. The standard InChI is InChI=1S/C8H16N2OS/c1-8(3-4-8)10-7(12)9-5-6-11-2/h3-6H2,1-2H3,(H2,9,10,12). The van der Waals surface area contributed by atoms with Crippen molar-refractivity contribution in [1.29, 1.82) is 0 Å². The van der Waals surface area contributed by atoms with Crippen molar-refractivity contribution in [3.8, 4) is 0 Å². The van der Waals surface area contributed by atoms with Crippen LogP contribution in [0.1, 0.15) is 19.8 Å². The zero-order chi connectivity index (χ0) is 9.03. The van der Waals surface area contributed by atoms with Gasteiger partial charge in [0, 0.05) is 19.2 Å². The van der Waals surface area contributed by atoms with Crippen LogP contribution in [0.5, 0.6) is 0 Å². The van der Waals surface area contributed by atoms with Gasteiger partial charge in [0.25, 0.3) is 0 Å². The van der Waals surface area contributed by atoms with E-state index in [0.29, 0.717) is 6.61 Å². The maximum Gasteiger partial charge on any atom is 0.166 e. The highest BCUT2D eigenvalue weighted by atomic mass is 32.1. The fourth-order valence-corrected chi connectivity index (χ4v) is 1.25. The van der Waals surface area contributed by atoms with E-state index in [9.17, 15) is 0 Å². The highest BCUT2D eigenvalue weighted by Gasteiger charge is 2.37. The Morgan fingerprint density at radius 1 is 1.58 bits per heavy atom. The van der Waals surface area contributed by atoms with E-state index in [-0.39, 0.29) is 5.54 Å². The second-order valence-corrected chi connectivity index (χ2v) is 3.84. The summed E-state index contributed by atoms with van der Waals surface area (Å²) in [5, 5.41) is 7.07. The number of hydrogen-bond donors (Lipinski definition) is 2. The average Bonchev–Trinajstić information content (AvgIpc) is 2.68. The van der Waals surface area contributed by atoms with E-state index >= 15 is 0 Å². The maximum atomic E-state index is 5.08. The molecule has 0 heterocycles. The molecule has 0 aromatic carbocycles. The number of rotatable bonds is 4. The van der Waals surface area contributed by atoms with E-state index in [1.807, 2.05) is 0 Å². The predicted octanol–water partition coefficient (Wildman–Crippen LogP) is 0.649. The molecule has 0 aromatic rings. The first-order valence-electron chi connectivity index (χ1n) is 4.21. The summed E-state index contributed by atoms with van der Waals surface area (Å²) in [6.07, 6.45) is 2.44. The second-order valence-electron chi connectivity index (χ2n) is 3.43. The SMILES string of the molecule is COCCNC(=S)NC1(C)CC1. The third kappa shape index (κ3) is 3.36. The Labute approximate surface area is 78.9 Å². The predicted molar refractivity (Wildman–Crippen MR) is 53.3 cm³/mol. The van der Waals surface area contributed by atoms with Gasteiger partial charge in [0.15, 0.2) is 5.11 Å². The van der Waals surface area contributed by atoms with Gasteiger partial charge >= 0.3 is 0 Å². The van der Waals surface area contributed by atoms with Crippen LogP contribution in [0.4, 0.5) is 0 Å². The van der Waals surface area contributed by atoms with Gasteiger partial charge in [-0.1, -0.05) is 0 Å². The van der Waals surface area contributed by atoms with Crippen molar-refractivity contribution in [1.82, 2.24) is 10.6 Å². The number of methoxy groups -OCH3 is 1. The largest absolute Gasteiger partial charge is 0.383 e. The van der Waals surface area contributed by atoms with E-state index in [0.717, 1.165) is 11.7 Å². The van der Waals surface area contributed by atoms with E-state index in [1.165, 1.54) is 12.8 Å². The molecule has 1 aliphatic rings. The first-order valence-corrected chi connectivity index (χ1v) is 4.62. The van der Waals surface area contributed by atoms with Crippen LogP contribution in [-0.2, 0) is 4.74 Å². The Balaban J connectivity index is 2.04. The summed E-state index contributed by atoms with van der Waals surface area (Å²) < 4.78 is 4.89. The van der Waals surface area contributed by atoms with Crippen molar-refractivity contribution in [3.05, 3.63) is 0 Å². The molecule has 1 fully saturated rings. The van der Waals surface area contributed by atoms with Gasteiger partial charge in [0.05, 0.1) is 6.61 Å². The molecule has 12 heavy (non-hydrogen) atoms. The van der Waals surface area contributed by atoms with Crippen LogP contribution >= 0.6 is 12.2 Å². The summed E-state index contributed by atoms with van der Waals surface area (Å²) in [6.45, 7) is 3.65. The minimum absolute atomic E-state index is 0.275. The molecule has 0 aromatic heterocycles. The van der Waals surface area contributed by atoms with Crippen LogP contribution in [0.15, 0.2) is 0 Å². The molecular weight excluding hydrogens is 172 g/mol. The normalized spacial score (nSPS) is 18.5. The summed E-state index contributed by atoms with van der Waals surface area (Å²) >= 11 is 5.08. The van der Waals surface area contributed by atoms with Gasteiger partial charge < -0.3 is 15.4 Å². The van der Waals surface area contributed by atoms with Crippen molar-refractivity contribution in [2.75, 3.05) is 20.3 Å². The van der Waals surface area contributed by atoms with Gasteiger partial charge in [0.1, 0.15) is 0 Å². The van der Waals surface area contributed by atoms with E-state index in [2.05, 4.69) is 17.6 Å². The number of thiocarbonyl (C=S) groups is 1. The van der Waals surface area contributed by atoms with Crippen LogP contribution in [0, 0.1) is 0 Å². The number of ether oxygens (including phenoxy) is 1. The molecule has 0 aliphatic heterocycles. The van der Waals surface area contributed by atoms with Crippen molar-refractivity contribution in [3.63, 3.8) is 0 Å². The summed E-state index contributed by atoms with van der Waals surface area (Å²) in [5.41, 5.74) is 0.275. The van der Waals surface area contributed by atoms with E-state index in [1.54, 1.807) is 7.11 Å². The molecule has 0 unspecified atom stereocenters. The summed E-state index contributed by atoms with van der Waals surface area (Å²) in [7, 11) is 1.68. The lowest BCUT2D eigenvalue weighted by molar-refractivity contribution is 0.204. The van der Waals surface area contributed by atoms with Gasteiger partial charge in [-0.15, -0.1) is 0 Å². The van der Waals surface area contributed by atoms with Gasteiger partial charge in [-0.25, -0.2) is 0 Å². The molecule has 1 aliphatic carbocycles. The molecule has 4 heteroatoms. The third-order valence-electron chi connectivity index (χ3n) is 2.01. The topological polar surface area (TPSA) is 33.3 Å². The van der Waals surface area contributed by atoms with Gasteiger partial charge in [-0.3, -0.25) is 0 Å². The average molecular weight is 188 g/mol. The Kier molecular flexibility index (Phi) is 3.29. The van der Waals surface area contributed by atoms with Gasteiger partial charge in [-0.2, -0.15) is 0 Å². The van der Waals surface area contributed by atoms with Crippen molar-refractivity contribution in [2.24, 2.45) is 0 Å². The second kappa shape index (κ2) is 4.05. The molecule has 1 rings (SSSR count). The number of hydrogen-bond acceptors (Lipinski definition) is 2. The molecule has 0 atom stereocenters. The minimum Gasteiger partial charge on any atom is -0.383 e. The molecule has 70 valence electrons. The van der Waals surface area contributed by atoms with Crippen molar-refractivity contribution in [2.45, 2.75) is 25.3 Å². The van der Waals surface area contributed by atoms with Gasteiger partial charge in [0.2, 0.25) is 0 Å². The Morgan fingerprint density at radius 2 is 2.25 bits per heavy atom. The smallest absolute Gasteiger partial charge is 0.166 e. The van der Waals surface area contributed by atoms with Crippen molar-refractivity contribution >= 4 is 17.3 Å². The lowest BCUT2D eigenvalue weighted by atomic mass is 10.3. The monoisotopic (exact) mass is 188 g/mol. The molecule has 0 spiro atoms. The summed E-state index contributed by atoms with van der Waals surface area (Å²) in [6, 6.07) is 0. The Hall–Kier alpha value is -0.350. The Bertz CT molecular complexity index is 168. The van der Waals surface area contributed by atoms with E-state index < -0.39 is 0 Å². The molecule has 0 saturated heterocycles. The van der Waals surface area contributed by atoms with E-state index in [4.69, 9.17) is 17.0 Å². The Morgan fingerprint density at radius 3 is 2.75 bits per heavy atom. The minimum atomic E-state index is 0.275. The third-order valence-corrected chi connectivity index (χ3v) is 2.25. The zero-order valence-electron chi connectivity index (χ0n) is 7.64. The van der Waals surface area contributed by atoms with Crippen LogP contribution in [-0.4, -0.2) is 30.9 Å². The van der Waals surface area contributed by atoms with Gasteiger partial charge in [-0.05, 0) is 32.0 Å². The van der Waals surface area contributed by atoms with Crippen LogP contribution < -0.4 is 10.6 Å². The molecule has 0 radical (unpaired) electrons. The maximum absolute atomic E-state index is 5.08. The quantitative estimate of drug-likeness (QED) is 0.501. The molecule has 0 bridgehead atoms. The summed E-state index contributed by atoms with van der Waals surface area (Å²) in [5.74, 6) is 0. The highest BCUT2D eigenvalue weighted by molar-refractivity contribution is 7.80. The zero-order valence-corrected chi connectivity index (χ0v) is 8.46. The highest BCUT2D eigenvalue weighted by Crippen LogP contribution is 2.33. The number of nitrogens with one attached hydrogen (secondary N) is 2. The lowest BCUT2D eigenvalue weighted by Gasteiger charge is -2.14. The van der Waals surface area contributed by atoms with Crippen LogP contribution in [0.3, 0.4) is 0 Å². The first-order chi connectivity index (χ1) is 5.66. The molecule has 0 amide bonds. The molecular formula is C8H16N2OS. The van der Waals surface area contributed by atoms with Crippen molar-refractivity contribution < 1.29 is 4.74 Å². The first kappa shape index (κ1) is 9.74.